The van der Waals surface area contributed by atoms with Gasteiger partial charge in [0.2, 0.25) is 0 Å². The van der Waals surface area contributed by atoms with Gasteiger partial charge >= 0.3 is 0 Å². The van der Waals surface area contributed by atoms with Gasteiger partial charge in [-0.25, -0.2) is 0 Å². The number of carbonyl (C=O) groups excluding carboxylic acids is 2. The fraction of sp³-hybridized carbons (Fsp3) is 0.500. The number of aldehydes is 2. The van der Waals surface area contributed by atoms with Crippen LogP contribution < -0.4 is 0 Å². The lowest BCUT2D eigenvalue weighted by molar-refractivity contribution is -0.134. The fourth-order valence-electron chi connectivity index (χ4n) is 1.64. The Bertz CT molecular complexity index is 319. The first-order valence-corrected chi connectivity index (χ1v) is 5.31. The summed E-state index contributed by atoms with van der Waals surface area (Å²) in [5.41, 5.74) is -1.17. The molecule has 1 aliphatic carbocycles. The Morgan fingerprint density at radius 1 is 1.38 bits per heavy atom. The summed E-state index contributed by atoms with van der Waals surface area (Å²) in [6, 6.07) is 0. The smallest absolute Gasteiger partial charge is 0.156 e. The second-order valence-electron chi connectivity index (χ2n) is 3.40. The summed E-state index contributed by atoms with van der Waals surface area (Å²) >= 11 is 0. The van der Waals surface area contributed by atoms with Crippen LogP contribution in [0.5, 0.6) is 0 Å². The molecule has 0 radical (unpaired) electrons. The van der Waals surface area contributed by atoms with Gasteiger partial charge in [-0.05, 0) is 32.1 Å². The first-order valence-electron chi connectivity index (χ1n) is 5.31. The molecule has 4 heteroatoms. The molecule has 1 aliphatic rings. The molecule has 88 valence electrons. The number of ether oxygens (including phenoxy) is 2. The Morgan fingerprint density at radius 2 is 2.12 bits per heavy atom. The van der Waals surface area contributed by atoms with Gasteiger partial charge in [0.25, 0.3) is 0 Å². The number of allylic oxidation sites excluding steroid dienone is 1. The van der Waals surface area contributed by atoms with Crippen LogP contribution >= 0.6 is 0 Å². The molecular formula is C12H16O4. The molecule has 0 bridgehead atoms. The molecule has 0 saturated carbocycles. The van der Waals surface area contributed by atoms with Crippen molar-refractivity contribution in [3.8, 4) is 0 Å². The molecule has 0 aromatic heterocycles. The highest BCUT2D eigenvalue weighted by molar-refractivity contribution is 5.77. The van der Waals surface area contributed by atoms with Crippen molar-refractivity contribution in [3.05, 3.63) is 24.0 Å². The molecule has 4 nitrogen and oxygen atoms in total. The summed E-state index contributed by atoms with van der Waals surface area (Å²) in [7, 11) is 0. The molecule has 0 aromatic carbocycles. The van der Waals surface area contributed by atoms with E-state index in [4.69, 9.17) is 9.47 Å². The zero-order chi connectivity index (χ0) is 12.0. The highest BCUT2D eigenvalue weighted by atomic mass is 16.5. The molecule has 1 rings (SSSR count). The molecule has 0 fully saturated rings. The van der Waals surface area contributed by atoms with E-state index >= 15 is 0 Å². The van der Waals surface area contributed by atoms with E-state index in [1.165, 1.54) is 0 Å². The van der Waals surface area contributed by atoms with Gasteiger partial charge in [0.05, 0.1) is 12.5 Å². The van der Waals surface area contributed by atoms with Crippen molar-refractivity contribution in [2.75, 3.05) is 13.2 Å². The lowest BCUT2D eigenvalue weighted by Crippen LogP contribution is -2.42. The topological polar surface area (TPSA) is 52.6 Å². The number of hydrogen-bond donors (Lipinski definition) is 0. The van der Waals surface area contributed by atoms with E-state index in [9.17, 15) is 9.59 Å². The highest BCUT2D eigenvalue weighted by Gasteiger charge is 2.38. The van der Waals surface area contributed by atoms with E-state index in [2.05, 4.69) is 0 Å². The van der Waals surface area contributed by atoms with Crippen LogP contribution in [-0.4, -0.2) is 31.4 Å². The summed E-state index contributed by atoms with van der Waals surface area (Å²) in [5, 5.41) is 0. The first kappa shape index (κ1) is 12.6. The maximum absolute atomic E-state index is 11.1. The van der Waals surface area contributed by atoms with Crippen LogP contribution in [0.25, 0.3) is 0 Å². The second-order valence-corrected chi connectivity index (χ2v) is 3.40. The maximum atomic E-state index is 11.1. The predicted octanol–water partition coefficient (Wildman–Crippen LogP) is 1.27. The average molecular weight is 224 g/mol. The van der Waals surface area contributed by atoms with Crippen LogP contribution in [0.1, 0.15) is 13.8 Å². The summed E-state index contributed by atoms with van der Waals surface area (Å²) in [5.74, 6) is -0.0340. The largest absolute Gasteiger partial charge is 0.494 e. The molecule has 0 amide bonds. The number of carbonyl (C=O) groups is 2. The van der Waals surface area contributed by atoms with Crippen molar-refractivity contribution >= 4 is 12.6 Å². The molecule has 2 atom stereocenters. The SMILES string of the molecule is CCOC1=CC(C=O)C(C=O)(OCC)C=C1. The molecule has 0 heterocycles. The summed E-state index contributed by atoms with van der Waals surface area (Å²) < 4.78 is 10.6. The molecule has 0 aromatic rings. The van der Waals surface area contributed by atoms with Gasteiger partial charge in [0, 0.05) is 6.61 Å². The van der Waals surface area contributed by atoms with Gasteiger partial charge in [-0.15, -0.1) is 0 Å². The predicted molar refractivity (Wildman–Crippen MR) is 58.8 cm³/mol. The molecule has 0 spiro atoms. The minimum atomic E-state index is -1.17. The van der Waals surface area contributed by atoms with Crippen molar-refractivity contribution in [1.82, 2.24) is 0 Å². The Morgan fingerprint density at radius 3 is 2.62 bits per heavy atom. The molecular weight excluding hydrogens is 208 g/mol. The van der Waals surface area contributed by atoms with Gasteiger partial charge in [0.15, 0.2) is 11.9 Å². The van der Waals surface area contributed by atoms with E-state index in [1.807, 2.05) is 6.92 Å². The van der Waals surface area contributed by atoms with Crippen LogP contribution in [0, 0.1) is 5.92 Å². The Kier molecular flexibility index (Phi) is 4.43. The normalized spacial score (nSPS) is 28.4. The van der Waals surface area contributed by atoms with E-state index in [-0.39, 0.29) is 0 Å². The van der Waals surface area contributed by atoms with Crippen molar-refractivity contribution in [3.63, 3.8) is 0 Å². The minimum absolute atomic E-state index is 0.366. The molecule has 0 saturated heterocycles. The lowest BCUT2D eigenvalue weighted by Gasteiger charge is -2.31. The fourth-order valence-corrected chi connectivity index (χ4v) is 1.64. The quantitative estimate of drug-likeness (QED) is 0.637. The van der Waals surface area contributed by atoms with Gasteiger partial charge in [0.1, 0.15) is 12.0 Å². The van der Waals surface area contributed by atoms with E-state index in [0.717, 1.165) is 0 Å². The van der Waals surface area contributed by atoms with E-state index in [0.29, 0.717) is 31.5 Å². The lowest BCUT2D eigenvalue weighted by atomic mass is 9.85. The van der Waals surface area contributed by atoms with Gasteiger partial charge in [-0.2, -0.15) is 0 Å². The van der Waals surface area contributed by atoms with Crippen molar-refractivity contribution in [2.24, 2.45) is 5.92 Å². The zero-order valence-electron chi connectivity index (χ0n) is 9.51. The Labute approximate surface area is 94.9 Å². The van der Waals surface area contributed by atoms with Crippen LogP contribution in [0.15, 0.2) is 24.0 Å². The standard InChI is InChI=1S/C12H16O4/c1-3-15-11-5-6-12(9-14,16-4-2)10(7-11)8-13/h5-10H,3-4H2,1-2H3. The summed E-state index contributed by atoms with van der Waals surface area (Å²) in [4.78, 5) is 22.1. The Balaban J connectivity index is 2.95. The molecule has 0 N–H and O–H groups in total. The van der Waals surface area contributed by atoms with Gasteiger partial charge in [-0.3, -0.25) is 4.79 Å². The van der Waals surface area contributed by atoms with Gasteiger partial charge < -0.3 is 14.3 Å². The van der Waals surface area contributed by atoms with Crippen molar-refractivity contribution < 1.29 is 19.1 Å². The minimum Gasteiger partial charge on any atom is -0.494 e. The van der Waals surface area contributed by atoms with Gasteiger partial charge in [-0.1, -0.05) is 0 Å². The number of rotatable bonds is 6. The first-order chi connectivity index (χ1) is 7.72. The third-order valence-corrected chi connectivity index (χ3v) is 2.41. The molecule has 0 aliphatic heterocycles. The Hall–Kier alpha value is -1.42. The second kappa shape index (κ2) is 5.61. The third kappa shape index (κ3) is 2.39. The number of hydrogen-bond acceptors (Lipinski definition) is 4. The van der Waals surface area contributed by atoms with Crippen LogP contribution in [0.3, 0.4) is 0 Å². The molecule has 16 heavy (non-hydrogen) atoms. The van der Waals surface area contributed by atoms with Crippen LogP contribution in [0.2, 0.25) is 0 Å². The zero-order valence-corrected chi connectivity index (χ0v) is 9.51. The van der Waals surface area contributed by atoms with Crippen molar-refractivity contribution in [1.29, 1.82) is 0 Å². The highest BCUT2D eigenvalue weighted by Crippen LogP contribution is 2.28. The molecule has 2 unspecified atom stereocenters. The third-order valence-electron chi connectivity index (χ3n) is 2.41. The summed E-state index contributed by atoms with van der Waals surface area (Å²) in [6.07, 6.45) is 6.21. The summed E-state index contributed by atoms with van der Waals surface area (Å²) in [6.45, 7) is 4.52. The van der Waals surface area contributed by atoms with Crippen LogP contribution in [-0.2, 0) is 19.1 Å². The monoisotopic (exact) mass is 224 g/mol. The maximum Gasteiger partial charge on any atom is 0.156 e. The van der Waals surface area contributed by atoms with E-state index < -0.39 is 11.5 Å². The average Bonchev–Trinajstić information content (AvgIpc) is 2.31. The van der Waals surface area contributed by atoms with Crippen LogP contribution in [0.4, 0.5) is 0 Å². The van der Waals surface area contributed by atoms with Crippen molar-refractivity contribution in [2.45, 2.75) is 19.4 Å². The van der Waals surface area contributed by atoms with E-state index in [1.54, 1.807) is 25.2 Å².